The molecule has 0 aromatic heterocycles. The summed E-state index contributed by atoms with van der Waals surface area (Å²) in [4.78, 5) is 23.2. The summed E-state index contributed by atoms with van der Waals surface area (Å²) in [5.41, 5.74) is 1.02. The summed E-state index contributed by atoms with van der Waals surface area (Å²) in [7, 11) is -2.22. The SMILES string of the molecule is CN1N=C(C(=O)NCc2ccc(S(N)(=O)=O)cc2)CCC1=O. The first-order valence-corrected chi connectivity index (χ1v) is 8.06. The number of amides is 2. The monoisotopic (exact) mass is 324 g/mol. The summed E-state index contributed by atoms with van der Waals surface area (Å²) >= 11 is 0. The van der Waals surface area contributed by atoms with Crippen LogP contribution < -0.4 is 10.5 Å². The van der Waals surface area contributed by atoms with Crippen LogP contribution in [0.3, 0.4) is 0 Å². The first-order chi connectivity index (χ1) is 10.3. The summed E-state index contributed by atoms with van der Waals surface area (Å²) in [6.45, 7) is 0.223. The van der Waals surface area contributed by atoms with Crippen molar-refractivity contribution in [3.63, 3.8) is 0 Å². The molecule has 118 valence electrons. The lowest BCUT2D eigenvalue weighted by Crippen LogP contribution is -2.37. The first-order valence-electron chi connectivity index (χ1n) is 6.51. The quantitative estimate of drug-likeness (QED) is 0.779. The van der Waals surface area contributed by atoms with Crippen LogP contribution in [0.5, 0.6) is 0 Å². The van der Waals surface area contributed by atoms with Crippen molar-refractivity contribution in [2.45, 2.75) is 24.3 Å². The van der Waals surface area contributed by atoms with E-state index in [-0.39, 0.29) is 29.7 Å². The lowest BCUT2D eigenvalue weighted by Gasteiger charge is -2.18. The highest BCUT2D eigenvalue weighted by molar-refractivity contribution is 7.89. The number of primary sulfonamides is 1. The lowest BCUT2D eigenvalue weighted by atomic mass is 10.1. The van der Waals surface area contributed by atoms with E-state index >= 15 is 0 Å². The molecule has 0 saturated carbocycles. The molecule has 1 aliphatic rings. The third kappa shape index (κ3) is 3.89. The van der Waals surface area contributed by atoms with Gasteiger partial charge in [0, 0.05) is 26.4 Å². The molecular formula is C13H16N4O4S. The Kier molecular flexibility index (Phi) is 4.57. The minimum Gasteiger partial charge on any atom is -0.347 e. The number of sulfonamides is 1. The van der Waals surface area contributed by atoms with Crippen LogP contribution in [0, 0.1) is 0 Å². The number of benzene rings is 1. The molecule has 2 rings (SSSR count). The van der Waals surface area contributed by atoms with E-state index in [2.05, 4.69) is 10.4 Å². The largest absolute Gasteiger partial charge is 0.347 e. The second-order valence-electron chi connectivity index (χ2n) is 4.84. The number of nitrogens with zero attached hydrogens (tertiary/aromatic N) is 2. The van der Waals surface area contributed by atoms with Crippen molar-refractivity contribution >= 4 is 27.5 Å². The van der Waals surface area contributed by atoms with Crippen LogP contribution in [0.15, 0.2) is 34.3 Å². The van der Waals surface area contributed by atoms with Crippen LogP contribution in [0.4, 0.5) is 0 Å². The van der Waals surface area contributed by atoms with Crippen LogP contribution in [0.2, 0.25) is 0 Å². The van der Waals surface area contributed by atoms with Crippen molar-refractivity contribution < 1.29 is 18.0 Å². The van der Waals surface area contributed by atoms with E-state index < -0.39 is 10.0 Å². The number of carbonyl (C=O) groups is 2. The van der Waals surface area contributed by atoms with Gasteiger partial charge in [0.15, 0.2) is 0 Å². The minimum atomic E-state index is -3.72. The zero-order valence-corrected chi connectivity index (χ0v) is 12.8. The van der Waals surface area contributed by atoms with E-state index in [1.807, 2.05) is 0 Å². The summed E-state index contributed by atoms with van der Waals surface area (Å²) in [5, 5.41) is 12.7. The minimum absolute atomic E-state index is 0.0133. The van der Waals surface area contributed by atoms with Gasteiger partial charge in [-0.25, -0.2) is 18.6 Å². The maximum absolute atomic E-state index is 12.0. The van der Waals surface area contributed by atoms with Crippen molar-refractivity contribution in [2.75, 3.05) is 7.05 Å². The Morgan fingerprint density at radius 1 is 1.32 bits per heavy atom. The van der Waals surface area contributed by atoms with Crippen LogP contribution in [-0.4, -0.2) is 38.0 Å². The Balaban J connectivity index is 1.97. The van der Waals surface area contributed by atoms with Gasteiger partial charge in [0.2, 0.25) is 15.9 Å². The van der Waals surface area contributed by atoms with Crippen molar-refractivity contribution in [2.24, 2.45) is 10.2 Å². The van der Waals surface area contributed by atoms with Crippen molar-refractivity contribution in [3.05, 3.63) is 29.8 Å². The molecule has 8 nitrogen and oxygen atoms in total. The smallest absolute Gasteiger partial charge is 0.267 e. The molecule has 0 spiro atoms. The van der Waals surface area contributed by atoms with Gasteiger partial charge in [-0.05, 0) is 17.7 Å². The van der Waals surface area contributed by atoms with Gasteiger partial charge in [-0.1, -0.05) is 12.1 Å². The van der Waals surface area contributed by atoms with E-state index in [0.717, 1.165) is 10.6 Å². The number of hydrogen-bond acceptors (Lipinski definition) is 5. The number of nitrogens with two attached hydrogens (primary N) is 1. The summed E-state index contributed by atoms with van der Waals surface area (Å²) < 4.78 is 22.3. The Morgan fingerprint density at radius 2 is 1.95 bits per heavy atom. The highest BCUT2D eigenvalue weighted by Crippen LogP contribution is 2.10. The third-order valence-corrected chi connectivity index (χ3v) is 4.10. The third-order valence-electron chi connectivity index (χ3n) is 3.17. The summed E-state index contributed by atoms with van der Waals surface area (Å²) in [6.07, 6.45) is 0.561. The predicted molar refractivity (Wildman–Crippen MR) is 79.1 cm³/mol. The van der Waals surface area contributed by atoms with Gasteiger partial charge in [0.25, 0.3) is 5.91 Å². The number of nitrogens with one attached hydrogen (secondary N) is 1. The molecule has 1 aromatic carbocycles. The Hall–Kier alpha value is -2.26. The molecule has 0 fully saturated rings. The van der Waals surface area contributed by atoms with Crippen LogP contribution in [0.1, 0.15) is 18.4 Å². The van der Waals surface area contributed by atoms with Gasteiger partial charge in [0.05, 0.1) is 4.90 Å². The topological polar surface area (TPSA) is 122 Å². The Bertz CT molecular complexity index is 725. The fraction of sp³-hybridized carbons (Fsp3) is 0.308. The molecule has 0 bridgehead atoms. The van der Waals surface area contributed by atoms with Crippen molar-refractivity contribution in [1.82, 2.24) is 10.3 Å². The lowest BCUT2D eigenvalue weighted by molar-refractivity contribution is -0.130. The van der Waals surface area contributed by atoms with Gasteiger partial charge in [0.1, 0.15) is 5.71 Å². The fourth-order valence-electron chi connectivity index (χ4n) is 1.91. The molecule has 0 aliphatic carbocycles. The number of rotatable bonds is 4. The molecule has 0 radical (unpaired) electrons. The number of carbonyl (C=O) groups excluding carboxylic acids is 2. The van der Waals surface area contributed by atoms with Gasteiger partial charge >= 0.3 is 0 Å². The van der Waals surface area contributed by atoms with E-state index in [4.69, 9.17) is 5.14 Å². The van der Waals surface area contributed by atoms with E-state index in [0.29, 0.717) is 12.1 Å². The Morgan fingerprint density at radius 3 is 2.50 bits per heavy atom. The number of hydrazone groups is 1. The molecule has 1 aliphatic heterocycles. The zero-order chi connectivity index (χ0) is 16.3. The maximum atomic E-state index is 12.0. The van der Waals surface area contributed by atoms with Gasteiger partial charge in [-0.3, -0.25) is 9.59 Å². The molecule has 2 amide bonds. The molecule has 0 unspecified atom stereocenters. The van der Waals surface area contributed by atoms with E-state index in [1.54, 1.807) is 12.1 Å². The normalized spacial score (nSPS) is 15.5. The first kappa shape index (κ1) is 16.1. The van der Waals surface area contributed by atoms with Crippen molar-refractivity contribution in [3.8, 4) is 0 Å². The molecule has 0 atom stereocenters. The summed E-state index contributed by atoms with van der Waals surface area (Å²) in [6, 6.07) is 5.89. The second-order valence-corrected chi connectivity index (χ2v) is 6.40. The summed E-state index contributed by atoms with van der Waals surface area (Å²) in [5.74, 6) is -0.481. The highest BCUT2D eigenvalue weighted by Gasteiger charge is 2.21. The average Bonchev–Trinajstić information content (AvgIpc) is 2.47. The number of hydrogen-bond donors (Lipinski definition) is 2. The molecule has 0 saturated heterocycles. The fourth-order valence-corrected chi connectivity index (χ4v) is 2.43. The van der Waals surface area contributed by atoms with Gasteiger partial charge < -0.3 is 5.32 Å². The maximum Gasteiger partial charge on any atom is 0.267 e. The molecule has 22 heavy (non-hydrogen) atoms. The molecule has 9 heteroatoms. The molecular weight excluding hydrogens is 308 g/mol. The molecule has 1 aromatic rings. The molecule has 1 heterocycles. The average molecular weight is 324 g/mol. The highest BCUT2D eigenvalue weighted by atomic mass is 32.2. The molecule has 3 N–H and O–H groups in total. The zero-order valence-electron chi connectivity index (χ0n) is 11.9. The van der Waals surface area contributed by atoms with E-state index in [9.17, 15) is 18.0 Å². The van der Waals surface area contributed by atoms with Crippen molar-refractivity contribution in [1.29, 1.82) is 0 Å². The predicted octanol–water partition coefficient (Wildman–Crippen LogP) is -0.442. The second kappa shape index (κ2) is 6.24. The Labute approximate surface area is 128 Å². The standard InChI is InChI=1S/C13H16N4O4S/c1-17-12(18)7-6-11(16-17)13(19)15-8-9-2-4-10(5-3-9)22(14,20)21/h2-5H,6-8H2,1H3,(H,15,19)(H2,14,20,21). The van der Waals surface area contributed by atoms with Gasteiger partial charge in [-0.15, -0.1) is 0 Å². The van der Waals surface area contributed by atoms with Gasteiger partial charge in [-0.2, -0.15) is 5.10 Å². The van der Waals surface area contributed by atoms with Crippen LogP contribution in [-0.2, 0) is 26.2 Å². The van der Waals surface area contributed by atoms with Crippen LogP contribution >= 0.6 is 0 Å². The van der Waals surface area contributed by atoms with Crippen LogP contribution in [0.25, 0.3) is 0 Å². The van der Waals surface area contributed by atoms with E-state index in [1.165, 1.54) is 19.2 Å².